The largest absolute Gasteiger partial charge is 0.515 e. The quantitative estimate of drug-likeness (QED) is 0.603. The summed E-state index contributed by atoms with van der Waals surface area (Å²) in [5.74, 6) is -2.16. The zero-order chi connectivity index (χ0) is 11.5. The number of rotatable bonds is 2. The number of carbonyl (C=O) groups excluding carboxylic acids is 1. The number of alkyl halides is 3. The van der Waals surface area contributed by atoms with Crippen molar-refractivity contribution in [3.8, 4) is 0 Å². The fourth-order valence-corrected chi connectivity index (χ4v) is 0.832. The minimum atomic E-state index is -5.05. The minimum absolute atomic E-state index is 0.0693. The van der Waals surface area contributed by atoms with Crippen LogP contribution in [0.1, 0.15) is 5.69 Å². The van der Waals surface area contributed by atoms with Crippen LogP contribution in [-0.4, -0.2) is 27.0 Å². The lowest BCUT2D eigenvalue weighted by atomic mass is 10.1. The average Bonchev–Trinajstić information content (AvgIpc) is 2.19. The molecule has 7 heteroatoms. The van der Waals surface area contributed by atoms with E-state index in [4.69, 9.17) is 5.11 Å². The number of aliphatic hydroxyl groups excluding tert-OH is 1. The number of allylic oxidation sites excluding steroid dienone is 1. The maximum atomic E-state index is 12.0. The predicted octanol–water partition coefficient (Wildman–Crippen LogP) is 1.51. The van der Waals surface area contributed by atoms with Crippen molar-refractivity contribution in [2.24, 2.45) is 0 Å². The molecule has 0 amide bonds. The van der Waals surface area contributed by atoms with E-state index in [1.54, 1.807) is 0 Å². The summed E-state index contributed by atoms with van der Waals surface area (Å²) in [6.45, 7) is 0. The van der Waals surface area contributed by atoms with Crippen LogP contribution >= 0.6 is 0 Å². The molecule has 0 unspecified atom stereocenters. The van der Waals surface area contributed by atoms with E-state index < -0.39 is 17.5 Å². The topological polar surface area (TPSA) is 63.1 Å². The van der Waals surface area contributed by atoms with E-state index >= 15 is 0 Å². The highest BCUT2D eigenvalue weighted by Gasteiger charge is 2.41. The fourth-order valence-electron chi connectivity index (χ4n) is 0.832. The van der Waals surface area contributed by atoms with Crippen molar-refractivity contribution in [3.05, 3.63) is 30.5 Å². The van der Waals surface area contributed by atoms with Gasteiger partial charge in [-0.1, -0.05) is 0 Å². The molecule has 1 heterocycles. The average molecular weight is 218 g/mol. The summed E-state index contributed by atoms with van der Waals surface area (Å²) in [7, 11) is 0. The summed E-state index contributed by atoms with van der Waals surface area (Å²) in [5.41, 5.74) is -1.27. The molecule has 0 radical (unpaired) electrons. The summed E-state index contributed by atoms with van der Waals surface area (Å²) >= 11 is 0. The van der Waals surface area contributed by atoms with Crippen LogP contribution in [0.4, 0.5) is 13.2 Å². The Morgan fingerprint density at radius 2 is 2.07 bits per heavy atom. The second-order valence-electron chi connectivity index (χ2n) is 2.46. The number of carbonyl (C=O) groups is 1. The van der Waals surface area contributed by atoms with E-state index in [0.717, 1.165) is 12.4 Å². The van der Waals surface area contributed by atoms with Crippen LogP contribution in [0.5, 0.6) is 0 Å². The van der Waals surface area contributed by atoms with Crippen LogP contribution in [0.15, 0.2) is 24.9 Å². The van der Waals surface area contributed by atoms with Crippen LogP contribution in [0, 0.1) is 0 Å². The molecule has 0 atom stereocenters. The first kappa shape index (κ1) is 11.2. The number of hydrogen-bond donors (Lipinski definition) is 1. The zero-order valence-corrected chi connectivity index (χ0v) is 7.19. The Hall–Kier alpha value is -1.92. The number of aromatic nitrogens is 2. The van der Waals surface area contributed by atoms with Crippen LogP contribution in [0.3, 0.4) is 0 Å². The summed E-state index contributed by atoms with van der Waals surface area (Å²) in [6, 6.07) is 0. The Kier molecular flexibility index (Phi) is 3.03. The lowest BCUT2D eigenvalue weighted by Crippen LogP contribution is -2.24. The van der Waals surface area contributed by atoms with Crippen molar-refractivity contribution in [1.29, 1.82) is 0 Å². The maximum absolute atomic E-state index is 12.0. The van der Waals surface area contributed by atoms with Crippen molar-refractivity contribution in [3.63, 3.8) is 0 Å². The van der Waals surface area contributed by atoms with Crippen molar-refractivity contribution in [2.75, 3.05) is 0 Å². The Labute approximate surface area is 82.1 Å². The van der Waals surface area contributed by atoms with Gasteiger partial charge in [0, 0.05) is 12.4 Å². The van der Waals surface area contributed by atoms with Gasteiger partial charge in [0.1, 0.15) is 0 Å². The van der Waals surface area contributed by atoms with Crippen molar-refractivity contribution in [2.45, 2.75) is 6.18 Å². The third kappa shape index (κ3) is 2.52. The smallest absolute Gasteiger partial charge is 0.455 e. The zero-order valence-electron chi connectivity index (χ0n) is 7.19. The van der Waals surface area contributed by atoms with E-state index in [9.17, 15) is 18.0 Å². The van der Waals surface area contributed by atoms with E-state index in [1.807, 2.05) is 0 Å². The van der Waals surface area contributed by atoms with E-state index in [2.05, 4.69) is 9.97 Å². The van der Waals surface area contributed by atoms with Gasteiger partial charge in [-0.2, -0.15) is 13.2 Å². The molecular formula is C8H5F3N2O2. The first-order chi connectivity index (χ1) is 6.96. The lowest BCUT2D eigenvalue weighted by molar-refractivity contribution is -0.164. The second kappa shape index (κ2) is 4.07. The van der Waals surface area contributed by atoms with Gasteiger partial charge in [-0.05, 0) is 0 Å². The third-order valence-corrected chi connectivity index (χ3v) is 1.47. The molecule has 0 saturated heterocycles. The molecule has 4 nitrogen and oxygen atoms in total. The second-order valence-corrected chi connectivity index (χ2v) is 2.46. The van der Waals surface area contributed by atoms with Gasteiger partial charge in [-0.15, -0.1) is 0 Å². The molecule has 0 aliphatic heterocycles. The van der Waals surface area contributed by atoms with E-state index in [1.165, 1.54) is 6.20 Å². The normalized spacial score (nSPS) is 12.6. The third-order valence-electron chi connectivity index (χ3n) is 1.47. The molecule has 1 aromatic rings. The number of hydrogen-bond acceptors (Lipinski definition) is 4. The Morgan fingerprint density at radius 3 is 2.47 bits per heavy atom. The van der Waals surface area contributed by atoms with Gasteiger partial charge >= 0.3 is 6.18 Å². The summed E-state index contributed by atoms with van der Waals surface area (Å²) in [5, 5.41) is 8.56. The number of aliphatic hydroxyl groups is 1. The van der Waals surface area contributed by atoms with Crippen molar-refractivity contribution < 1.29 is 23.1 Å². The van der Waals surface area contributed by atoms with Gasteiger partial charge in [0.2, 0.25) is 0 Å². The molecule has 0 fully saturated rings. The molecule has 0 bridgehead atoms. The number of nitrogens with zero attached hydrogens (tertiary/aromatic N) is 2. The van der Waals surface area contributed by atoms with Gasteiger partial charge < -0.3 is 5.11 Å². The van der Waals surface area contributed by atoms with Gasteiger partial charge in [0.25, 0.3) is 5.78 Å². The molecule has 0 spiro atoms. The standard InChI is InChI=1S/C8H5F3N2O2/c9-8(10,11)7(15)5(4-14)6-3-12-1-2-13-6/h1-4,14H/b5-4-. The Balaban J connectivity index is 3.08. The summed E-state index contributed by atoms with van der Waals surface area (Å²) < 4.78 is 36.1. The number of ketones is 1. The SMILES string of the molecule is O=C(/C(=C\O)c1cnccn1)C(F)(F)F. The highest BCUT2D eigenvalue weighted by molar-refractivity contribution is 6.22. The molecule has 1 N–H and O–H groups in total. The monoisotopic (exact) mass is 218 g/mol. The molecule has 0 aliphatic rings. The lowest BCUT2D eigenvalue weighted by Gasteiger charge is -2.06. The fraction of sp³-hybridized carbons (Fsp3) is 0.125. The first-order valence-electron chi connectivity index (χ1n) is 3.69. The molecular weight excluding hydrogens is 213 g/mol. The summed E-state index contributed by atoms with van der Waals surface area (Å²) in [4.78, 5) is 17.7. The van der Waals surface area contributed by atoms with Gasteiger partial charge in [0.05, 0.1) is 23.7 Å². The molecule has 0 aliphatic carbocycles. The van der Waals surface area contributed by atoms with Crippen LogP contribution < -0.4 is 0 Å². The van der Waals surface area contributed by atoms with Gasteiger partial charge in [0.15, 0.2) is 0 Å². The van der Waals surface area contributed by atoms with Gasteiger partial charge in [-0.25, -0.2) is 0 Å². The molecule has 15 heavy (non-hydrogen) atoms. The highest BCUT2D eigenvalue weighted by Crippen LogP contribution is 2.24. The first-order valence-corrected chi connectivity index (χ1v) is 3.69. The van der Waals surface area contributed by atoms with Crippen molar-refractivity contribution >= 4 is 11.4 Å². The Bertz CT molecular complexity index is 387. The maximum Gasteiger partial charge on any atom is 0.455 e. The number of halogens is 3. The number of Topliss-reactive ketones (excluding diaryl/α,β-unsaturated/α-hetero) is 1. The van der Waals surface area contributed by atoms with E-state index in [-0.39, 0.29) is 12.0 Å². The molecule has 1 rings (SSSR count). The molecule has 0 saturated carbocycles. The van der Waals surface area contributed by atoms with Crippen molar-refractivity contribution in [1.82, 2.24) is 9.97 Å². The predicted molar refractivity (Wildman–Crippen MR) is 43.7 cm³/mol. The highest BCUT2D eigenvalue weighted by atomic mass is 19.4. The van der Waals surface area contributed by atoms with Crippen LogP contribution in [-0.2, 0) is 4.79 Å². The molecule has 80 valence electrons. The van der Waals surface area contributed by atoms with Crippen LogP contribution in [0.25, 0.3) is 5.57 Å². The minimum Gasteiger partial charge on any atom is -0.515 e. The molecule has 0 aromatic carbocycles. The Morgan fingerprint density at radius 1 is 1.40 bits per heavy atom. The molecule has 1 aromatic heterocycles. The van der Waals surface area contributed by atoms with Crippen LogP contribution in [0.2, 0.25) is 0 Å². The van der Waals surface area contributed by atoms with E-state index in [0.29, 0.717) is 0 Å². The van der Waals surface area contributed by atoms with Gasteiger partial charge in [-0.3, -0.25) is 14.8 Å². The summed E-state index contributed by atoms with van der Waals surface area (Å²) in [6.07, 6.45) is -1.68.